The number of fused-ring (bicyclic) bond motifs is 6. The molecular formula is C48H32N2. The molecule has 0 aliphatic rings. The second kappa shape index (κ2) is 11.5. The summed E-state index contributed by atoms with van der Waals surface area (Å²) in [4.78, 5) is 0. The van der Waals surface area contributed by atoms with Gasteiger partial charge in [0.2, 0.25) is 0 Å². The van der Waals surface area contributed by atoms with E-state index in [1.54, 1.807) is 0 Å². The average molecular weight is 637 g/mol. The predicted molar refractivity (Wildman–Crippen MR) is 211 cm³/mol. The molecular weight excluding hydrogens is 605 g/mol. The molecule has 8 aromatic carbocycles. The molecule has 10 rings (SSSR count). The molecule has 2 heteroatoms. The van der Waals surface area contributed by atoms with Crippen LogP contribution in [-0.4, -0.2) is 9.13 Å². The fraction of sp³-hybridized carbons (Fsp3) is 0. The molecule has 0 saturated heterocycles. The summed E-state index contributed by atoms with van der Waals surface area (Å²) in [6.07, 6.45) is 0. The molecule has 0 atom stereocenters. The Kier molecular flexibility index (Phi) is 6.53. The largest absolute Gasteiger partial charge is 0.309 e. The third kappa shape index (κ3) is 4.57. The van der Waals surface area contributed by atoms with Crippen molar-refractivity contribution in [3.63, 3.8) is 0 Å². The Labute approximate surface area is 290 Å². The molecule has 234 valence electrons. The van der Waals surface area contributed by atoms with Gasteiger partial charge in [0.1, 0.15) is 0 Å². The Morgan fingerprint density at radius 3 is 1.32 bits per heavy atom. The van der Waals surface area contributed by atoms with E-state index in [0.717, 1.165) is 5.69 Å². The van der Waals surface area contributed by atoms with E-state index in [-0.39, 0.29) is 0 Å². The van der Waals surface area contributed by atoms with E-state index >= 15 is 0 Å². The molecule has 0 saturated carbocycles. The third-order valence-corrected chi connectivity index (χ3v) is 10.1. The van der Waals surface area contributed by atoms with Crippen LogP contribution >= 0.6 is 0 Å². The maximum Gasteiger partial charge on any atom is 0.0547 e. The number of aromatic nitrogens is 2. The molecule has 10 aromatic rings. The van der Waals surface area contributed by atoms with E-state index in [9.17, 15) is 0 Å². The normalized spacial score (nSPS) is 11.6. The number of hydrogen-bond acceptors (Lipinski definition) is 0. The lowest BCUT2D eigenvalue weighted by Gasteiger charge is -2.14. The van der Waals surface area contributed by atoms with E-state index in [4.69, 9.17) is 0 Å². The second-order valence-corrected chi connectivity index (χ2v) is 13.0. The Morgan fingerprint density at radius 1 is 0.220 bits per heavy atom. The van der Waals surface area contributed by atoms with E-state index in [1.807, 2.05) is 0 Å². The zero-order valence-corrected chi connectivity index (χ0v) is 27.4. The topological polar surface area (TPSA) is 9.86 Å². The van der Waals surface area contributed by atoms with Crippen LogP contribution in [0.5, 0.6) is 0 Å². The van der Waals surface area contributed by atoms with Crippen molar-refractivity contribution in [2.24, 2.45) is 0 Å². The molecule has 2 aromatic heterocycles. The van der Waals surface area contributed by atoms with Crippen LogP contribution in [0.3, 0.4) is 0 Å². The summed E-state index contributed by atoms with van der Waals surface area (Å²) < 4.78 is 4.83. The van der Waals surface area contributed by atoms with Crippen LogP contribution in [0.15, 0.2) is 194 Å². The minimum atomic E-state index is 1.15. The first-order valence-corrected chi connectivity index (χ1v) is 17.2. The number of hydrogen-bond donors (Lipinski definition) is 0. The van der Waals surface area contributed by atoms with Crippen molar-refractivity contribution in [2.45, 2.75) is 0 Å². The van der Waals surface area contributed by atoms with Gasteiger partial charge in [0.25, 0.3) is 0 Å². The Balaban J connectivity index is 1.20. The van der Waals surface area contributed by atoms with E-state index < -0.39 is 0 Å². The summed E-state index contributed by atoms with van der Waals surface area (Å²) >= 11 is 0. The SMILES string of the molecule is c1ccc(-c2cc(-c3ccccc3)cc(-n3c4ccccc4c4ccc(-c5ccc6c(c5)c5ccccc5n6-c5ccccc5)cc43)c2)cc1. The first-order valence-electron chi connectivity index (χ1n) is 17.2. The lowest BCUT2D eigenvalue weighted by Crippen LogP contribution is -1.96. The van der Waals surface area contributed by atoms with Gasteiger partial charge in [-0.15, -0.1) is 0 Å². The van der Waals surface area contributed by atoms with Gasteiger partial charge in [0, 0.05) is 32.9 Å². The van der Waals surface area contributed by atoms with Gasteiger partial charge >= 0.3 is 0 Å². The number of para-hydroxylation sites is 3. The first-order chi connectivity index (χ1) is 24.8. The summed E-state index contributed by atoms with van der Waals surface area (Å²) in [5, 5.41) is 5.01. The van der Waals surface area contributed by atoms with Crippen LogP contribution in [0.1, 0.15) is 0 Å². The van der Waals surface area contributed by atoms with Crippen LogP contribution in [0.4, 0.5) is 0 Å². The minimum Gasteiger partial charge on any atom is -0.309 e. The zero-order valence-electron chi connectivity index (χ0n) is 27.4. The highest BCUT2D eigenvalue weighted by molar-refractivity contribution is 6.12. The highest BCUT2D eigenvalue weighted by Crippen LogP contribution is 2.39. The molecule has 0 aliphatic heterocycles. The number of benzene rings is 8. The maximum absolute atomic E-state index is 2.45. The fourth-order valence-electron chi connectivity index (χ4n) is 7.77. The second-order valence-electron chi connectivity index (χ2n) is 13.0. The van der Waals surface area contributed by atoms with Crippen molar-refractivity contribution in [3.05, 3.63) is 194 Å². The van der Waals surface area contributed by atoms with Crippen molar-refractivity contribution in [3.8, 4) is 44.8 Å². The Bertz CT molecular complexity index is 2780. The molecule has 0 spiro atoms. The van der Waals surface area contributed by atoms with Crippen molar-refractivity contribution >= 4 is 43.6 Å². The molecule has 0 amide bonds. The van der Waals surface area contributed by atoms with Gasteiger partial charge in [-0.2, -0.15) is 0 Å². The Hall–Kier alpha value is -6.64. The molecule has 2 nitrogen and oxygen atoms in total. The number of rotatable bonds is 5. The average Bonchev–Trinajstić information content (AvgIpc) is 3.71. The minimum absolute atomic E-state index is 1.15. The summed E-state index contributed by atoms with van der Waals surface area (Å²) in [5.41, 5.74) is 14.3. The fourth-order valence-corrected chi connectivity index (χ4v) is 7.77. The zero-order chi connectivity index (χ0) is 33.0. The van der Waals surface area contributed by atoms with Gasteiger partial charge in [0.15, 0.2) is 0 Å². The van der Waals surface area contributed by atoms with Crippen molar-refractivity contribution < 1.29 is 0 Å². The summed E-state index contributed by atoms with van der Waals surface area (Å²) in [6, 6.07) is 70.5. The predicted octanol–water partition coefficient (Wildman–Crippen LogP) is 12.9. The molecule has 0 radical (unpaired) electrons. The number of nitrogens with zero attached hydrogens (tertiary/aromatic N) is 2. The smallest absolute Gasteiger partial charge is 0.0547 e. The van der Waals surface area contributed by atoms with Crippen LogP contribution in [0.2, 0.25) is 0 Å². The van der Waals surface area contributed by atoms with Crippen LogP contribution in [0, 0.1) is 0 Å². The van der Waals surface area contributed by atoms with E-state index in [1.165, 1.54) is 82.7 Å². The van der Waals surface area contributed by atoms with Crippen molar-refractivity contribution in [2.75, 3.05) is 0 Å². The van der Waals surface area contributed by atoms with Gasteiger partial charge in [-0.05, 0) is 94.0 Å². The lowest BCUT2D eigenvalue weighted by molar-refractivity contribution is 1.18. The molecule has 0 fully saturated rings. The van der Waals surface area contributed by atoms with Gasteiger partial charge in [-0.25, -0.2) is 0 Å². The monoisotopic (exact) mass is 636 g/mol. The molecule has 2 heterocycles. The van der Waals surface area contributed by atoms with Gasteiger partial charge < -0.3 is 9.13 Å². The van der Waals surface area contributed by atoms with Gasteiger partial charge in [-0.1, -0.05) is 133 Å². The van der Waals surface area contributed by atoms with Gasteiger partial charge in [0.05, 0.1) is 22.1 Å². The molecule has 0 bridgehead atoms. The van der Waals surface area contributed by atoms with Crippen LogP contribution in [-0.2, 0) is 0 Å². The third-order valence-electron chi connectivity index (χ3n) is 10.1. The standard InChI is InChI=1S/C48H32N2/c1-4-14-33(15-5-1)37-28-38(34-16-6-2-7-17-34)30-40(29-37)50-45-22-12-10-20-41(45)43-26-24-36(32-48(43)50)35-25-27-47-44(31-35)42-21-11-13-23-46(42)49(47)39-18-8-3-9-19-39/h1-32H. The summed E-state index contributed by atoms with van der Waals surface area (Å²) in [5.74, 6) is 0. The van der Waals surface area contributed by atoms with E-state index in [2.05, 4.69) is 203 Å². The van der Waals surface area contributed by atoms with Crippen molar-refractivity contribution in [1.29, 1.82) is 0 Å². The lowest BCUT2D eigenvalue weighted by atomic mass is 9.98. The van der Waals surface area contributed by atoms with Crippen LogP contribution in [0.25, 0.3) is 88.4 Å². The molecule has 50 heavy (non-hydrogen) atoms. The highest BCUT2D eigenvalue weighted by Gasteiger charge is 2.17. The Morgan fingerprint density at radius 2 is 0.680 bits per heavy atom. The van der Waals surface area contributed by atoms with E-state index in [0.29, 0.717) is 0 Å². The quantitative estimate of drug-likeness (QED) is 0.178. The van der Waals surface area contributed by atoms with Gasteiger partial charge in [-0.3, -0.25) is 0 Å². The summed E-state index contributed by atoms with van der Waals surface area (Å²) in [6.45, 7) is 0. The maximum atomic E-state index is 2.45. The molecule has 0 aliphatic carbocycles. The van der Waals surface area contributed by atoms with Crippen molar-refractivity contribution in [1.82, 2.24) is 9.13 Å². The first kappa shape index (κ1) is 28.4. The van der Waals surface area contributed by atoms with Crippen LogP contribution < -0.4 is 0 Å². The summed E-state index contributed by atoms with van der Waals surface area (Å²) in [7, 11) is 0. The highest BCUT2D eigenvalue weighted by atomic mass is 15.0. The molecule has 0 N–H and O–H groups in total. The molecule has 0 unspecified atom stereocenters.